The van der Waals surface area contributed by atoms with E-state index in [1.165, 1.54) is 0 Å². The van der Waals surface area contributed by atoms with Crippen molar-refractivity contribution in [2.75, 3.05) is 0 Å². The van der Waals surface area contributed by atoms with Crippen LogP contribution < -0.4 is 5.32 Å². The molecule has 4 heteroatoms. The Bertz CT molecular complexity index is 324. The molecule has 2 N–H and O–H groups in total. The fraction of sp³-hybridized carbons (Fsp3) is 0.857. The lowest BCUT2D eigenvalue weighted by Gasteiger charge is -2.33. The molecular formula is C14H25NO3. The highest BCUT2D eigenvalue weighted by Gasteiger charge is 2.42. The van der Waals surface area contributed by atoms with E-state index in [1.807, 2.05) is 20.8 Å². The maximum Gasteiger partial charge on any atom is 0.252 e. The number of Topliss-reactive ketones (excluding diaryl/α,β-unsaturated/α-hetero) is 1. The Labute approximate surface area is 109 Å². The van der Waals surface area contributed by atoms with Crippen molar-refractivity contribution in [1.82, 2.24) is 5.32 Å². The Morgan fingerprint density at radius 2 is 1.78 bits per heavy atom. The minimum absolute atomic E-state index is 0.0115. The van der Waals surface area contributed by atoms with Gasteiger partial charge in [0.15, 0.2) is 5.78 Å². The minimum atomic E-state index is -1.27. The van der Waals surface area contributed by atoms with Crippen molar-refractivity contribution in [1.29, 1.82) is 0 Å². The van der Waals surface area contributed by atoms with Gasteiger partial charge in [0, 0.05) is 6.42 Å². The Morgan fingerprint density at radius 1 is 1.28 bits per heavy atom. The second kappa shape index (κ2) is 5.39. The SMILES string of the molecule is CCC(=O)C(NC(=O)C1(O)CCCC1)C(C)(C)C. The number of nitrogens with one attached hydrogen (secondary N) is 1. The topological polar surface area (TPSA) is 66.4 Å². The highest BCUT2D eigenvalue weighted by atomic mass is 16.3. The first-order valence-electron chi connectivity index (χ1n) is 6.77. The van der Waals surface area contributed by atoms with Gasteiger partial charge in [0.25, 0.3) is 5.91 Å². The van der Waals surface area contributed by atoms with Crippen LogP contribution in [0, 0.1) is 5.41 Å². The van der Waals surface area contributed by atoms with Crippen LogP contribution in [0.1, 0.15) is 59.8 Å². The maximum atomic E-state index is 12.1. The Hall–Kier alpha value is -0.900. The van der Waals surface area contributed by atoms with Gasteiger partial charge in [0.2, 0.25) is 0 Å². The third-order valence-electron chi connectivity index (χ3n) is 3.67. The predicted octanol–water partition coefficient (Wildman–Crippen LogP) is 1.80. The van der Waals surface area contributed by atoms with Crippen LogP contribution in [0.2, 0.25) is 0 Å². The van der Waals surface area contributed by atoms with Gasteiger partial charge in [0.1, 0.15) is 5.60 Å². The van der Waals surface area contributed by atoms with Gasteiger partial charge in [-0.1, -0.05) is 27.7 Å². The zero-order valence-electron chi connectivity index (χ0n) is 11.9. The molecular weight excluding hydrogens is 230 g/mol. The maximum absolute atomic E-state index is 12.1. The van der Waals surface area contributed by atoms with E-state index in [4.69, 9.17) is 0 Å². The van der Waals surface area contributed by atoms with Gasteiger partial charge in [-0.15, -0.1) is 0 Å². The minimum Gasteiger partial charge on any atom is -0.380 e. The molecule has 0 radical (unpaired) electrons. The third kappa shape index (κ3) is 3.31. The monoisotopic (exact) mass is 255 g/mol. The van der Waals surface area contributed by atoms with Gasteiger partial charge >= 0.3 is 0 Å². The van der Waals surface area contributed by atoms with Crippen molar-refractivity contribution in [3.63, 3.8) is 0 Å². The van der Waals surface area contributed by atoms with Crippen molar-refractivity contribution < 1.29 is 14.7 Å². The lowest BCUT2D eigenvalue weighted by molar-refractivity contribution is -0.143. The van der Waals surface area contributed by atoms with E-state index in [9.17, 15) is 14.7 Å². The number of hydrogen-bond donors (Lipinski definition) is 2. The van der Waals surface area contributed by atoms with Gasteiger partial charge in [-0.2, -0.15) is 0 Å². The molecule has 1 amide bonds. The molecule has 1 fully saturated rings. The molecule has 1 unspecified atom stereocenters. The van der Waals surface area contributed by atoms with Crippen molar-refractivity contribution in [2.24, 2.45) is 5.41 Å². The molecule has 0 aliphatic heterocycles. The predicted molar refractivity (Wildman–Crippen MR) is 70.1 cm³/mol. The summed E-state index contributed by atoms with van der Waals surface area (Å²) < 4.78 is 0. The van der Waals surface area contributed by atoms with Crippen LogP contribution >= 0.6 is 0 Å². The fourth-order valence-corrected chi connectivity index (χ4v) is 2.44. The molecule has 1 aliphatic carbocycles. The molecule has 0 saturated heterocycles. The van der Waals surface area contributed by atoms with Gasteiger partial charge < -0.3 is 10.4 Å². The zero-order chi connectivity index (χ0) is 14.0. The summed E-state index contributed by atoms with van der Waals surface area (Å²) in [5.74, 6) is -0.376. The third-order valence-corrected chi connectivity index (χ3v) is 3.67. The van der Waals surface area contributed by atoms with E-state index in [0.29, 0.717) is 19.3 Å². The highest BCUT2D eigenvalue weighted by molar-refractivity contribution is 5.92. The van der Waals surface area contributed by atoms with E-state index in [-0.39, 0.29) is 17.1 Å². The van der Waals surface area contributed by atoms with E-state index in [1.54, 1.807) is 6.92 Å². The number of carbonyl (C=O) groups is 2. The smallest absolute Gasteiger partial charge is 0.252 e. The number of ketones is 1. The van der Waals surface area contributed by atoms with Crippen LogP contribution in [0.4, 0.5) is 0 Å². The molecule has 0 heterocycles. The molecule has 1 aliphatic rings. The van der Waals surface area contributed by atoms with Crippen molar-refractivity contribution in [2.45, 2.75) is 71.4 Å². The van der Waals surface area contributed by atoms with Crippen LogP contribution in [0.3, 0.4) is 0 Å². The molecule has 0 bridgehead atoms. The standard InChI is InChI=1S/C14H25NO3/c1-5-10(16)11(13(2,3)4)15-12(17)14(18)8-6-7-9-14/h11,18H,5-9H2,1-4H3,(H,15,17). The Morgan fingerprint density at radius 3 is 2.17 bits per heavy atom. The summed E-state index contributed by atoms with van der Waals surface area (Å²) in [6.07, 6.45) is 3.12. The summed E-state index contributed by atoms with van der Waals surface area (Å²) in [6, 6.07) is -0.528. The first-order chi connectivity index (χ1) is 8.20. The average molecular weight is 255 g/mol. The van der Waals surface area contributed by atoms with Gasteiger partial charge in [-0.05, 0) is 31.1 Å². The van der Waals surface area contributed by atoms with Gasteiger partial charge in [0.05, 0.1) is 6.04 Å². The number of rotatable bonds is 4. The molecule has 0 aromatic heterocycles. The van der Waals surface area contributed by atoms with E-state index < -0.39 is 11.6 Å². The quantitative estimate of drug-likeness (QED) is 0.805. The number of carbonyl (C=O) groups excluding carboxylic acids is 2. The Kier molecular flexibility index (Phi) is 4.54. The Balaban J connectivity index is 2.78. The first kappa shape index (κ1) is 15.2. The van der Waals surface area contributed by atoms with Crippen LogP contribution in [-0.4, -0.2) is 28.4 Å². The number of aliphatic hydroxyl groups is 1. The van der Waals surface area contributed by atoms with Crippen LogP contribution in [0.5, 0.6) is 0 Å². The van der Waals surface area contributed by atoms with Gasteiger partial charge in [-0.3, -0.25) is 9.59 Å². The molecule has 0 spiro atoms. The molecule has 0 aromatic carbocycles. The fourth-order valence-electron chi connectivity index (χ4n) is 2.44. The number of hydrogen-bond acceptors (Lipinski definition) is 3. The summed E-state index contributed by atoms with van der Waals surface area (Å²) in [5, 5.41) is 13.0. The zero-order valence-corrected chi connectivity index (χ0v) is 11.9. The summed E-state index contributed by atoms with van der Waals surface area (Å²) >= 11 is 0. The number of amides is 1. The summed E-state index contributed by atoms with van der Waals surface area (Å²) in [7, 11) is 0. The van der Waals surface area contributed by atoms with Crippen molar-refractivity contribution in [3.8, 4) is 0 Å². The van der Waals surface area contributed by atoms with E-state index in [0.717, 1.165) is 12.8 Å². The van der Waals surface area contributed by atoms with Crippen LogP contribution in [0.25, 0.3) is 0 Å². The van der Waals surface area contributed by atoms with E-state index >= 15 is 0 Å². The summed E-state index contributed by atoms with van der Waals surface area (Å²) in [4.78, 5) is 24.0. The lowest BCUT2D eigenvalue weighted by Crippen LogP contribution is -2.55. The molecule has 4 nitrogen and oxygen atoms in total. The molecule has 18 heavy (non-hydrogen) atoms. The largest absolute Gasteiger partial charge is 0.380 e. The second-order valence-corrected chi connectivity index (χ2v) is 6.33. The van der Waals surface area contributed by atoms with Crippen LogP contribution in [-0.2, 0) is 9.59 Å². The lowest BCUT2D eigenvalue weighted by atomic mass is 9.82. The second-order valence-electron chi connectivity index (χ2n) is 6.33. The molecule has 1 rings (SSSR count). The molecule has 0 aromatic rings. The highest BCUT2D eigenvalue weighted by Crippen LogP contribution is 2.30. The van der Waals surface area contributed by atoms with Crippen LogP contribution in [0.15, 0.2) is 0 Å². The molecule has 1 atom stereocenters. The normalized spacial score (nSPS) is 20.5. The average Bonchev–Trinajstić information content (AvgIpc) is 2.71. The van der Waals surface area contributed by atoms with Gasteiger partial charge in [-0.25, -0.2) is 0 Å². The van der Waals surface area contributed by atoms with Crippen molar-refractivity contribution in [3.05, 3.63) is 0 Å². The van der Waals surface area contributed by atoms with Crippen molar-refractivity contribution >= 4 is 11.7 Å². The summed E-state index contributed by atoms with van der Waals surface area (Å²) in [5.41, 5.74) is -1.60. The first-order valence-corrected chi connectivity index (χ1v) is 6.77. The summed E-state index contributed by atoms with van der Waals surface area (Å²) in [6.45, 7) is 7.55. The molecule has 1 saturated carbocycles. The van der Waals surface area contributed by atoms with E-state index in [2.05, 4.69) is 5.32 Å². The molecule has 104 valence electrons.